The van der Waals surface area contributed by atoms with E-state index in [1.807, 2.05) is 0 Å². The minimum absolute atomic E-state index is 0.528. The first kappa shape index (κ1) is 13.5. The van der Waals surface area contributed by atoms with Crippen molar-refractivity contribution in [2.75, 3.05) is 13.2 Å². The lowest BCUT2D eigenvalue weighted by Gasteiger charge is -2.21. The summed E-state index contributed by atoms with van der Waals surface area (Å²) in [5.41, 5.74) is 0.733. The monoisotopic (exact) mass is 270 g/mol. The van der Waals surface area contributed by atoms with Gasteiger partial charge in [-0.25, -0.2) is 0 Å². The smallest absolute Gasteiger partial charge is 0.162 e. The molecule has 0 bridgehead atoms. The fraction of sp³-hybridized carbons (Fsp3) is 0.571. The van der Waals surface area contributed by atoms with E-state index in [1.54, 1.807) is 12.1 Å². The number of hydrogen-bond donors (Lipinski definition) is 1. The second-order valence-electron chi connectivity index (χ2n) is 4.53. The third kappa shape index (κ3) is 3.09. The van der Waals surface area contributed by atoms with Crippen molar-refractivity contribution in [3.8, 4) is 11.5 Å². The zero-order chi connectivity index (χ0) is 13.0. The van der Waals surface area contributed by atoms with Crippen molar-refractivity contribution in [1.29, 1.82) is 0 Å². The number of aliphatic hydroxyl groups excluding tert-OH is 1. The summed E-state index contributed by atoms with van der Waals surface area (Å²) in [4.78, 5) is 0. The van der Waals surface area contributed by atoms with Crippen LogP contribution in [-0.2, 0) is 0 Å². The number of unbranched alkanes of at least 4 members (excludes halogenated alkanes) is 2. The van der Waals surface area contributed by atoms with E-state index in [-0.39, 0.29) is 0 Å². The molecule has 0 radical (unpaired) electrons. The predicted octanol–water partition coefficient (Wildman–Crippen LogP) is 3.72. The Morgan fingerprint density at radius 2 is 1.89 bits per heavy atom. The normalized spacial score (nSPS) is 15.5. The Balaban J connectivity index is 2.12. The molecular weight excluding hydrogens is 252 g/mol. The first-order valence-corrected chi connectivity index (χ1v) is 6.87. The lowest BCUT2D eigenvalue weighted by Crippen LogP contribution is -2.16. The fourth-order valence-electron chi connectivity index (χ4n) is 2.08. The number of benzene rings is 1. The summed E-state index contributed by atoms with van der Waals surface area (Å²) >= 11 is 6.17. The molecule has 1 atom stereocenters. The highest BCUT2D eigenvalue weighted by Gasteiger charge is 2.18. The Labute approximate surface area is 113 Å². The number of aliphatic hydroxyl groups is 1. The predicted molar refractivity (Wildman–Crippen MR) is 71.5 cm³/mol. The summed E-state index contributed by atoms with van der Waals surface area (Å²) in [6.45, 7) is 3.23. The third-order valence-electron chi connectivity index (χ3n) is 3.10. The largest absolute Gasteiger partial charge is 0.486 e. The zero-order valence-corrected chi connectivity index (χ0v) is 11.4. The lowest BCUT2D eigenvalue weighted by molar-refractivity contribution is 0.157. The van der Waals surface area contributed by atoms with Crippen molar-refractivity contribution in [2.24, 2.45) is 0 Å². The quantitative estimate of drug-likeness (QED) is 0.829. The second-order valence-corrected chi connectivity index (χ2v) is 4.94. The Kier molecular flexibility index (Phi) is 4.72. The van der Waals surface area contributed by atoms with Gasteiger partial charge in [-0.1, -0.05) is 37.8 Å². The van der Waals surface area contributed by atoms with Gasteiger partial charge in [0.15, 0.2) is 11.5 Å². The fourth-order valence-corrected chi connectivity index (χ4v) is 2.36. The first-order chi connectivity index (χ1) is 8.72. The van der Waals surface area contributed by atoms with E-state index in [2.05, 4.69) is 6.92 Å². The number of rotatable bonds is 5. The van der Waals surface area contributed by atoms with Crippen LogP contribution in [0.3, 0.4) is 0 Å². The molecule has 1 aliphatic rings. The molecule has 1 heterocycles. The highest BCUT2D eigenvalue weighted by atomic mass is 35.5. The van der Waals surface area contributed by atoms with Crippen molar-refractivity contribution in [1.82, 2.24) is 0 Å². The van der Waals surface area contributed by atoms with Crippen molar-refractivity contribution in [2.45, 2.75) is 38.7 Å². The van der Waals surface area contributed by atoms with E-state index in [9.17, 15) is 5.11 Å². The highest BCUT2D eigenvalue weighted by molar-refractivity contribution is 6.31. The Hall–Kier alpha value is -0.930. The Bertz CT molecular complexity index is 406. The standard InChI is InChI=1S/C14H19ClO3/c1-2-3-4-5-12(16)10-8-13-14(9-11(10)15)18-7-6-17-13/h8-9,12,16H,2-7H2,1H3. The molecule has 0 aliphatic carbocycles. The van der Waals surface area contributed by atoms with Crippen molar-refractivity contribution in [3.05, 3.63) is 22.7 Å². The summed E-state index contributed by atoms with van der Waals surface area (Å²) in [6, 6.07) is 3.53. The molecule has 1 aromatic carbocycles. The van der Waals surface area contributed by atoms with Gasteiger partial charge in [0, 0.05) is 11.6 Å². The average molecular weight is 271 g/mol. The van der Waals surface area contributed by atoms with Crippen molar-refractivity contribution >= 4 is 11.6 Å². The SMILES string of the molecule is CCCCCC(O)c1cc2c(cc1Cl)OCCO2. The summed E-state index contributed by atoms with van der Waals surface area (Å²) in [6.07, 6.45) is 3.47. The topological polar surface area (TPSA) is 38.7 Å². The summed E-state index contributed by atoms with van der Waals surface area (Å²) in [7, 11) is 0. The molecule has 2 rings (SSSR count). The molecule has 1 N–H and O–H groups in total. The van der Waals surface area contributed by atoms with Crippen LogP contribution in [0.25, 0.3) is 0 Å². The minimum atomic E-state index is -0.528. The van der Waals surface area contributed by atoms with Crippen LogP contribution in [0.4, 0.5) is 0 Å². The molecular formula is C14H19ClO3. The van der Waals surface area contributed by atoms with Gasteiger partial charge in [0.2, 0.25) is 0 Å². The zero-order valence-electron chi connectivity index (χ0n) is 10.6. The Morgan fingerprint density at radius 1 is 1.22 bits per heavy atom. The van der Waals surface area contributed by atoms with E-state index < -0.39 is 6.10 Å². The first-order valence-electron chi connectivity index (χ1n) is 6.49. The maximum Gasteiger partial charge on any atom is 0.162 e. The van der Waals surface area contributed by atoms with Crippen LogP contribution < -0.4 is 9.47 Å². The molecule has 0 aromatic heterocycles. The van der Waals surface area contributed by atoms with Gasteiger partial charge in [-0.05, 0) is 12.5 Å². The molecule has 1 aliphatic heterocycles. The van der Waals surface area contributed by atoms with Gasteiger partial charge in [0.05, 0.1) is 11.1 Å². The van der Waals surface area contributed by atoms with Crippen molar-refractivity contribution < 1.29 is 14.6 Å². The minimum Gasteiger partial charge on any atom is -0.486 e. The summed E-state index contributed by atoms with van der Waals surface area (Å²) < 4.78 is 10.9. The van der Waals surface area contributed by atoms with Gasteiger partial charge < -0.3 is 14.6 Å². The number of hydrogen-bond acceptors (Lipinski definition) is 3. The molecule has 0 saturated heterocycles. The van der Waals surface area contributed by atoms with Crippen LogP contribution in [0.1, 0.15) is 44.3 Å². The van der Waals surface area contributed by atoms with E-state index in [4.69, 9.17) is 21.1 Å². The molecule has 0 fully saturated rings. The van der Waals surface area contributed by atoms with E-state index >= 15 is 0 Å². The molecule has 100 valence electrons. The van der Waals surface area contributed by atoms with Crippen LogP contribution in [-0.4, -0.2) is 18.3 Å². The lowest BCUT2D eigenvalue weighted by atomic mass is 10.0. The van der Waals surface area contributed by atoms with Crippen LogP contribution >= 0.6 is 11.6 Å². The molecule has 0 amide bonds. The molecule has 4 heteroatoms. The Morgan fingerprint density at radius 3 is 2.56 bits per heavy atom. The van der Waals surface area contributed by atoms with Gasteiger partial charge >= 0.3 is 0 Å². The van der Waals surface area contributed by atoms with Gasteiger partial charge in [-0.15, -0.1) is 0 Å². The van der Waals surface area contributed by atoms with E-state index in [0.717, 1.165) is 31.2 Å². The summed E-state index contributed by atoms with van der Waals surface area (Å²) in [5, 5.41) is 10.7. The van der Waals surface area contributed by atoms with E-state index in [0.29, 0.717) is 29.7 Å². The molecule has 1 unspecified atom stereocenters. The summed E-state index contributed by atoms with van der Waals surface area (Å²) in [5.74, 6) is 1.34. The maximum atomic E-state index is 10.1. The molecule has 18 heavy (non-hydrogen) atoms. The van der Waals surface area contributed by atoms with Gasteiger partial charge in [0.25, 0.3) is 0 Å². The van der Waals surface area contributed by atoms with E-state index in [1.165, 1.54) is 0 Å². The third-order valence-corrected chi connectivity index (χ3v) is 3.43. The number of halogens is 1. The molecule has 3 nitrogen and oxygen atoms in total. The van der Waals surface area contributed by atoms with Gasteiger partial charge in [-0.2, -0.15) is 0 Å². The van der Waals surface area contributed by atoms with Crippen LogP contribution in [0.2, 0.25) is 5.02 Å². The second kappa shape index (κ2) is 6.30. The molecule has 0 spiro atoms. The maximum absolute atomic E-state index is 10.1. The van der Waals surface area contributed by atoms with Gasteiger partial charge in [-0.3, -0.25) is 0 Å². The molecule has 1 aromatic rings. The van der Waals surface area contributed by atoms with Crippen molar-refractivity contribution in [3.63, 3.8) is 0 Å². The average Bonchev–Trinajstić information content (AvgIpc) is 2.38. The highest BCUT2D eigenvalue weighted by Crippen LogP contribution is 2.38. The van der Waals surface area contributed by atoms with Gasteiger partial charge in [0.1, 0.15) is 13.2 Å². The molecule has 0 saturated carbocycles. The van der Waals surface area contributed by atoms with Crippen LogP contribution in [0.15, 0.2) is 12.1 Å². The number of fused-ring (bicyclic) bond motifs is 1. The van der Waals surface area contributed by atoms with Crippen LogP contribution in [0.5, 0.6) is 11.5 Å². The number of ether oxygens (including phenoxy) is 2. The van der Waals surface area contributed by atoms with Crippen LogP contribution in [0, 0.1) is 0 Å².